The van der Waals surface area contributed by atoms with Crippen LogP contribution in [0.1, 0.15) is 44.1 Å². The maximum Gasteiger partial charge on any atom is 0.409 e. The molecule has 0 spiro atoms. The highest BCUT2D eigenvalue weighted by Crippen LogP contribution is 2.35. The van der Waals surface area contributed by atoms with Crippen LogP contribution in [-0.4, -0.2) is 69.6 Å². The molecule has 1 saturated carbocycles. The van der Waals surface area contributed by atoms with Gasteiger partial charge in [0.25, 0.3) is 0 Å². The van der Waals surface area contributed by atoms with Gasteiger partial charge in [0.2, 0.25) is 11.8 Å². The summed E-state index contributed by atoms with van der Waals surface area (Å²) in [6, 6.07) is 9.46. The van der Waals surface area contributed by atoms with E-state index in [9.17, 15) is 19.5 Å². The fourth-order valence-corrected chi connectivity index (χ4v) is 5.14. The lowest BCUT2D eigenvalue weighted by Crippen LogP contribution is -2.72. The van der Waals surface area contributed by atoms with Gasteiger partial charge in [0.15, 0.2) is 0 Å². The predicted molar refractivity (Wildman–Crippen MR) is 107 cm³/mol. The van der Waals surface area contributed by atoms with Crippen LogP contribution in [-0.2, 0) is 16.0 Å². The lowest BCUT2D eigenvalue weighted by Gasteiger charge is -2.53. The highest BCUT2D eigenvalue weighted by molar-refractivity contribution is 5.90. The first-order valence-corrected chi connectivity index (χ1v) is 10.7. The van der Waals surface area contributed by atoms with Gasteiger partial charge in [-0.3, -0.25) is 14.5 Å². The van der Waals surface area contributed by atoms with Gasteiger partial charge in [-0.05, 0) is 30.7 Å². The molecule has 3 aliphatic rings. The van der Waals surface area contributed by atoms with E-state index < -0.39 is 18.3 Å². The van der Waals surface area contributed by atoms with E-state index in [-0.39, 0.29) is 37.2 Å². The molecule has 0 aromatic heterocycles. The number of hydrogen-bond donors (Lipinski definition) is 1. The standard InChI is InChI=1S/C22H29N3O4/c26-19-12-14-24(22(28)29)18-15-23(13-11-16-7-3-1-4-8-16)21(27)20(25(18)19)17-9-5-2-6-10-17/h1,3-4,7-8,17-18,20H,2,5-6,9-15H2,(H,28,29)/t18-,20+/m1/s1. The Hall–Kier alpha value is -2.57. The van der Waals surface area contributed by atoms with Crippen molar-refractivity contribution in [1.29, 1.82) is 0 Å². The van der Waals surface area contributed by atoms with Gasteiger partial charge in [0.05, 0.1) is 6.54 Å². The Morgan fingerprint density at radius 2 is 1.79 bits per heavy atom. The molecule has 29 heavy (non-hydrogen) atoms. The van der Waals surface area contributed by atoms with E-state index in [1.54, 1.807) is 9.80 Å². The van der Waals surface area contributed by atoms with Gasteiger partial charge in [-0.15, -0.1) is 0 Å². The molecule has 2 atom stereocenters. The van der Waals surface area contributed by atoms with Crippen molar-refractivity contribution in [3.8, 4) is 0 Å². The molecular weight excluding hydrogens is 370 g/mol. The zero-order chi connectivity index (χ0) is 20.4. The molecule has 2 saturated heterocycles. The average Bonchev–Trinajstić information content (AvgIpc) is 2.74. The molecule has 1 aliphatic carbocycles. The number of carbonyl (C=O) groups excluding carboxylic acids is 2. The normalized spacial score (nSPS) is 25.9. The molecule has 3 amide bonds. The van der Waals surface area contributed by atoms with Crippen LogP contribution in [0.4, 0.5) is 4.79 Å². The summed E-state index contributed by atoms with van der Waals surface area (Å²) in [6.45, 7) is 0.998. The number of rotatable bonds is 4. The van der Waals surface area contributed by atoms with Crippen molar-refractivity contribution in [1.82, 2.24) is 14.7 Å². The van der Waals surface area contributed by atoms with Crippen molar-refractivity contribution in [2.75, 3.05) is 19.6 Å². The van der Waals surface area contributed by atoms with Gasteiger partial charge < -0.3 is 14.9 Å². The monoisotopic (exact) mass is 399 g/mol. The van der Waals surface area contributed by atoms with E-state index >= 15 is 0 Å². The minimum Gasteiger partial charge on any atom is -0.465 e. The third-order valence-corrected chi connectivity index (χ3v) is 6.64. The summed E-state index contributed by atoms with van der Waals surface area (Å²) >= 11 is 0. The van der Waals surface area contributed by atoms with Crippen LogP contribution in [0.5, 0.6) is 0 Å². The third-order valence-electron chi connectivity index (χ3n) is 6.64. The molecule has 4 rings (SSSR count). The molecule has 1 aromatic rings. The van der Waals surface area contributed by atoms with Crippen molar-refractivity contribution < 1.29 is 19.5 Å². The van der Waals surface area contributed by atoms with Gasteiger partial charge >= 0.3 is 6.09 Å². The summed E-state index contributed by atoms with van der Waals surface area (Å²) in [6.07, 6.45) is 4.41. The van der Waals surface area contributed by atoms with Gasteiger partial charge in [0, 0.05) is 19.5 Å². The molecule has 2 heterocycles. The lowest BCUT2D eigenvalue weighted by atomic mass is 9.81. The van der Waals surface area contributed by atoms with Crippen LogP contribution in [0.25, 0.3) is 0 Å². The maximum absolute atomic E-state index is 13.5. The summed E-state index contributed by atoms with van der Waals surface area (Å²) in [5, 5.41) is 9.70. The zero-order valence-electron chi connectivity index (χ0n) is 16.7. The minimum atomic E-state index is -1.02. The highest BCUT2D eigenvalue weighted by atomic mass is 16.4. The Bertz CT molecular complexity index is 763. The van der Waals surface area contributed by atoms with Gasteiger partial charge in [-0.25, -0.2) is 4.79 Å². The van der Waals surface area contributed by atoms with E-state index in [1.165, 1.54) is 4.90 Å². The summed E-state index contributed by atoms with van der Waals surface area (Å²) < 4.78 is 0. The number of benzene rings is 1. The number of nitrogens with zero attached hydrogens (tertiary/aromatic N) is 3. The second kappa shape index (κ2) is 8.43. The van der Waals surface area contributed by atoms with Crippen LogP contribution in [0.15, 0.2) is 30.3 Å². The zero-order valence-corrected chi connectivity index (χ0v) is 16.7. The minimum absolute atomic E-state index is 0.00956. The molecule has 3 fully saturated rings. The van der Waals surface area contributed by atoms with Crippen LogP contribution in [0.2, 0.25) is 0 Å². The molecule has 1 aromatic carbocycles. The Balaban J connectivity index is 1.60. The van der Waals surface area contributed by atoms with Crippen LogP contribution >= 0.6 is 0 Å². The summed E-state index contributed by atoms with van der Waals surface area (Å²) in [5.41, 5.74) is 1.15. The van der Waals surface area contributed by atoms with E-state index in [0.29, 0.717) is 6.54 Å². The Morgan fingerprint density at radius 1 is 1.07 bits per heavy atom. The second-order valence-electron chi connectivity index (χ2n) is 8.37. The van der Waals surface area contributed by atoms with Crippen molar-refractivity contribution in [3.63, 3.8) is 0 Å². The van der Waals surface area contributed by atoms with Crippen molar-refractivity contribution in [2.24, 2.45) is 5.92 Å². The number of fused-ring (bicyclic) bond motifs is 1. The molecule has 0 bridgehead atoms. The predicted octanol–water partition coefficient (Wildman–Crippen LogP) is 2.56. The van der Waals surface area contributed by atoms with Crippen LogP contribution in [0, 0.1) is 5.92 Å². The highest BCUT2D eigenvalue weighted by Gasteiger charge is 2.51. The van der Waals surface area contributed by atoms with Crippen LogP contribution in [0.3, 0.4) is 0 Å². The van der Waals surface area contributed by atoms with Gasteiger partial charge in [-0.1, -0.05) is 49.6 Å². The fraction of sp³-hybridized carbons (Fsp3) is 0.591. The number of amides is 3. The fourth-order valence-electron chi connectivity index (χ4n) is 5.14. The lowest BCUT2D eigenvalue weighted by molar-refractivity contribution is -0.171. The van der Waals surface area contributed by atoms with E-state index in [2.05, 4.69) is 0 Å². The molecule has 0 radical (unpaired) electrons. The summed E-state index contributed by atoms with van der Waals surface area (Å²) in [7, 11) is 0. The first-order chi connectivity index (χ1) is 14.1. The molecule has 1 N–H and O–H groups in total. The number of carboxylic acid groups (broad SMARTS) is 1. The van der Waals surface area contributed by atoms with Gasteiger partial charge in [0.1, 0.15) is 12.2 Å². The maximum atomic E-state index is 13.5. The largest absolute Gasteiger partial charge is 0.465 e. The molecule has 7 heteroatoms. The Labute approximate surface area is 171 Å². The Morgan fingerprint density at radius 3 is 2.48 bits per heavy atom. The van der Waals surface area contributed by atoms with Crippen molar-refractivity contribution in [2.45, 2.75) is 57.2 Å². The quantitative estimate of drug-likeness (QED) is 0.844. The van der Waals surface area contributed by atoms with E-state index in [0.717, 1.165) is 44.1 Å². The Kier molecular flexibility index (Phi) is 5.74. The topological polar surface area (TPSA) is 81.2 Å². The first-order valence-electron chi connectivity index (χ1n) is 10.7. The van der Waals surface area contributed by atoms with Crippen molar-refractivity contribution >= 4 is 17.9 Å². The van der Waals surface area contributed by atoms with E-state index in [1.807, 2.05) is 30.3 Å². The van der Waals surface area contributed by atoms with Crippen LogP contribution < -0.4 is 0 Å². The summed E-state index contributed by atoms with van der Waals surface area (Å²) in [5.74, 6) is 0.0276. The molecule has 7 nitrogen and oxygen atoms in total. The summed E-state index contributed by atoms with van der Waals surface area (Å²) in [4.78, 5) is 42.9. The number of hydrogen-bond acceptors (Lipinski definition) is 3. The molecular formula is C22H29N3O4. The second-order valence-corrected chi connectivity index (χ2v) is 8.37. The molecule has 0 unspecified atom stereocenters. The van der Waals surface area contributed by atoms with Crippen molar-refractivity contribution in [3.05, 3.63) is 35.9 Å². The molecule has 156 valence electrons. The average molecular weight is 399 g/mol. The molecule has 2 aliphatic heterocycles. The van der Waals surface area contributed by atoms with E-state index in [4.69, 9.17) is 0 Å². The number of carbonyl (C=O) groups is 3. The number of piperazine rings is 1. The third kappa shape index (κ3) is 3.95. The smallest absolute Gasteiger partial charge is 0.409 e. The van der Waals surface area contributed by atoms with Gasteiger partial charge in [-0.2, -0.15) is 0 Å². The SMILES string of the molecule is O=C1[C@H](C2CCCCC2)N2C(=O)CCN(C(=O)O)[C@H]2CN1CCc1ccccc1. The first kappa shape index (κ1) is 19.7.